The monoisotopic (exact) mass is 259 g/mol. The van der Waals surface area contributed by atoms with Crippen molar-refractivity contribution in [1.29, 1.82) is 0 Å². The minimum absolute atomic E-state index is 0.320. The van der Waals surface area contributed by atoms with Gasteiger partial charge in [-0.2, -0.15) is 0 Å². The lowest BCUT2D eigenvalue weighted by Crippen LogP contribution is -2.39. The van der Waals surface area contributed by atoms with Crippen LogP contribution >= 0.6 is 0 Å². The number of aryl methyl sites for hydroxylation is 1. The van der Waals surface area contributed by atoms with Crippen molar-refractivity contribution in [3.05, 3.63) is 35.4 Å². The van der Waals surface area contributed by atoms with E-state index in [1.165, 1.54) is 36.9 Å². The molecule has 1 aromatic carbocycles. The molecule has 1 aliphatic rings. The molecule has 0 radical (unpaired) electrons. The fourth-order valence-corrected chi connectivity index (χ4v) is 3.01. The van der Waals surface area contributed by atoms with E-state index in [2.05, 4.69) is 36.1 Å². The molecule has 104 valence electrons. The number of piperidine rings is 1. The predicted octanol–water partition coefficient (Wildman–Crippen LogP) is 3.72. The van der Waals surface area contributed by atoms with E-state index >= 15 is 0 Å². The lowest BCUT2D eigenvalue weighted by molar-refractivity contribution is -0.117. The number of hydrogen-bond acceptors (Lipinski definition) is 2. The Balaban J connectivity index is 1.97. The molecule has 0 aliphatic carbocycles. The fourth-order valence-electron chi connectivity index (χ4n) is 3.01. The van der Waals surface area contributed by atoms with Gasteiger partial charge in [0.1, 0.15) is 5.78 Å². The van der Waals surface area contributed by atoms with Crippen molar-refractivity contribution < 1.29 is 4.79 Å². The first-order valence-electron chi connectivity index (χ1n) is 7.44. The van der Waals surface area contributed by atoms with Crippen molar-refractivity contribution in [3.63, 3.8) is 0 Å². The van der Waals surface area contributed by atoms with Crippen molar-refractivity contribution in [2.45, 2.75) is 58.5 Å². The Morgan fingerprint density at radius 2 is 2.21 bits per heavy atom. The van der Waals surface area contributed by atoms with Gasteiger partial charge in [-0.05, 0) is 45.2 Å². The fraction of sp³-hybridized carbons (Fsp3) is 0.588. The van der Waals surface area contributed by atoms with Crippen molar-refractivity contribution >= 4 is 5.78 Å². The third kappa shape index (κ3) is 4.46. The average Bonchev–Trinajstić information content (AvgIpc) is 2.38. The van der Waals surface area contributed by atoms with Gasteiger partial charge < -0.3 is 4.79 Å². The Morgan fingerprint density at radius 1 is 1.37 bits per heavy atom. The first kappa shape index (κ1) is 14.3. The van der Waals surface area contributed by atoms with E-state index in [1.807, 2.05) is 0 Å². The van der Waals surface area contributed by atoms with Crippen molar-refractivity contribution in [1.82, 2.24) is 4.90 Å². The van der Waals surface area contributed by atoms with Crippen LogP contribution in [0, 0.1) is 6.92 Å². The van der Waals surface area contributed by atoms with E-state index < -0.39 is 0 Å². The number of ketones is 1. The second-order valence-corrected chi connectivity index (χ2v) is 5.85. The number of Topliss-reactive ketones (excluding diaryl/α,β-unsaturated/α-hetero) is 1. The van der Waals surface area contributed by atoms with Crippen LogP contribution in [-0.4, -0.2) is 23.3 Å². The summed E-state index contributed by atoms with van der Waals surface area (Å²) in [5, 5.41) is 0. The highest BCUT2D eigenvalue weighted by Crippen LogP contribution is 2.23. The number of rotatable bonds is 5. The zero-order valence-electron chi connectivity index (χ0n) is 12.2. The largest absolute Gasteiger partial charge is 0.300 e. The van der Waals surface area contributed by atoms with Gasteiger partial charge in [0, 0.05) is 19.0 Å². The summed E-state index contributed by atoms with van der Waals surface area (Å²) in [5.41, 5.74) is 2.73. The molecule has 0 N–H and O–H groups in total. The van der Waals surface area contributed by atoms with E-state index in [0.29, 0.717) is 11.8 Å². The molecule has 1 atom stereocenters. The van der Waals surface area contributed by atoms with Crippen LogP contribution in [-0.2, 0) is 11.3 Å². The van der Waals surface area contributed by atoms with Gasteiger partial charge in [0.25, 0.3) is 0 Å². The Kier molecular flexibility index (Phi) is 5.15. The molecule has 1 saturated heterocycles. The molecule has 0 spiro atoms. The quantitative estimate of drug-likeness (QED) is 0.803. The van der Waals surface area contributed by atoms with Crippen LogP contribution < -0.4 is 0 Å². The minimum atomic E-state index is 0.320. The van der Waals surface area contributed by atoms with Gasteiger partial charge in [0.2, 0.25) is 0 Å². The molecule has 2 nitrogen and oxygen atoms in total. The summed E-state index contributed by atoms with van der Waals surface area (Å²) in [5.74, 6) is 0.320. The van der Waals surface area contributed by atoms with Gasteiger partial charge in [0.15, 0.2) is 0 Å². The van der Waals surface area contributed by atoms with Gasteiger partial charge in [-0.3, -0.25) is 4.90 Å². The molecule has 1 fully saturated rings. The normalized spacial score (nSPS) is 20.4. The summed E-state index contributed by atoms with van der Waals surface area (Å²) in [6, 6.07) is 9.37. The van der Waals surface area contributed by atoms with E-state index in [1.54, 1.807) is 6.92 Å². The summed E-state index contributed by atoms with van der Waals surface area (Å²) >= 11 is 0. The van der Waals surface area contributed by atoms with Gasteiger partial charge >= 0.3 is 0 Å². The molecule has 1 aromatic rings. The van der Waals surface area contributed by atoms with Gasteiger partial charge in [-0.15, -0.1) is 0 Å². The van der Waals surface area contributed by atoms with Crippen molar-refractivity contribution in [2.24, 2.45) is 0 Å². The second-order valence-electron chi connectivity index (χ2n) is 5.85. The highest BCUT2D eigenvalue weighted by atomic mass is 16.1. The zero-order valence-corrected chi connectivity index (χ0v) is 12.2. The molecule has 1 aliphatic heterocycles. The third-order valence-corrected chi connectivity index (χ3v) is 4.05. The molecule has 2 heteroatoms. The SMILES string of the molecule is CC(=O)CCC1CCCCN1Cc1cccc(C)c1. The summed E-state index contributed by atoms with van der Waals surface area (Å²) in [4.78, 5) is 13.7. The van der Waals surface area contributed by atoms with E-state index in [0.717, 1.165) is 19.4 Å². The number of likely N-dealkylation sites (tertiary alicyclic amines) is 1. The molecule has 19 heavy (non-hydrogen) atoms. The van der Waals surface area contributed by atoms with Crippen LogP contribution in [0.1, 0.15) is 50.2 Å². The first-order chi connectivity index (χ1) is 9.15. The number of benzene rings is 1. The molecule has 1 heterocycles. The molecular formula is C17H25NO. The number of hydrogen-bond donors (Lipinski definition) is 0. The zero-order chi connectivity index (χ0) is 13.7. The topological polar surface area (TPSA) is 20.3 Å². The summed E-state index contributed by atoms with van der Waals surface area (Å²) in [6.07, 6.45) is 5.62. The smallest absolute Gasteiger partial charge is 0.129 e. The lowest BCUT2D eigenvalue weighted by atomic mass is 9.96. The maximum atomic E-state index is 11.2. The average molecular weight is 259 g/mol. The maximum absolute atomic E-state index is 11.2. The van der Waals surface area contributed by atoms with Crippen LogP contribution in [0.3, 0.4) is 0 Å². The van der Waals surface area contributed by atoms with Crippen LogP contribution in [0.15, 0.2) is 24.3 Å². The van der Waals surface area contributed by atoms with Crippen molar-refractivity contribution in [2.75, 3.05) is 6.54 Å². The van der Waals surface area contributed by atoms with Crippen LogP contribution in [0.4, 0.5) is 0 Å². The maximum Gasteiger partial charge on any atom is 0.129 e. The standard InChI is InChI=1S/C17H25NO/c1-14-6-5-7-16(12-14)13-18-11-4-3-8-17(18)10-9-15(2)19/h5-7,12,17H,3-4,8-11,13H2,1-2H3. The first-order valence-corrected chi connectivity index (χ1v) is 7.44. The van der Waals surface area contributed by atoms with Crippen LogP contribution in [0.5, 0.6) is 0 Å². The van der Waals surface area contributed by atoms with E-state index in [4.69, 9.17) is 0 Å². The highest BCUT2D eigenvalue weighted by molar-refractivity contribution is 5.75. The van der Waals surface area contributed by atoms with Gasteiger partial charge in [-0.1, -0.05) is 36.2 Å². The third-order valence-electron chi connectivity index (χ3n) is 4.05. The van der Waals surface area contributed by atoms with Crippen molar-refractivity contribution in [3.8, 4) is 0 Å². The Morgan fingerprint density at radius 3 is 2.95 bits per heavy atom. The molecule has 0 bridgehead atoms. The Labute approximate surface area is 116 Å². The highest BCUT2D eigenvalue weighted by Gasteiger charge is 2.22. The summed E-state index contributed by atoms with van der Waals surface area (Å²) in [6.45, 7) is 6.06. The van der Waals surface area contributed by atoms with Gasteiger partial charge in [-0.25, -0.2) is 0 Å². The van der Waals surface area contributed by atoms with Gasteiger partial charge in [0.05, 0.1) is 0 Å². The summed E-state index contributed by atoms with van der Waals surface area (Å²) in [7, 11) is 0. The molecule has 0 amide bonds. The van der Waals surface area contributed by atoms with E-state index in [-0.39, 0.29) is 0 Å². The summed E-state index contributed by atoms with van der Waals surface area (Å²) < 4.78 is 0. The number of nitrogens with zero attached hydrogens (tertiary/aromatic N) is 1. The second kappa shape index (κ2) is 6.85. The van der Waals surface area contributed by atoms with Crippen LogP contribution in [0.2, 0.25) is 0 Å². The Hall–Kier alpha value is -1.15. The Bertz CT molecular complexity index is 427. The number of carbonyl (C=O) groups excluding carboxylic acids is 1. The molecule has 0 saturated carbocycles. The number of carbonyl (C=O) groups is 1. The predicted molar refractivity (Wildman–Crippen MR) is 79.1 cm³/mol. The molecular weight excluding hydrogens is 234 g/mol. The molecule has 1 unspecified atom stereocenters. The molecule has 0 aromatic heterocycles. The van der Waals surface area contributed by atoms with Crippen LogP contribution in [0.25, 0.3) is 0 Å². The minimum Gasteiger partial charge on any atom is -0.300 e. The molecule has 2 rings (SSSR count). The van der Waals surface area contributed by atoms with E-state index in [9.17, 15) is 4.79 Å². The lowest BCUT2D eigenvalue weighted by Gasteiger charge is -2.35.